The van der Waals surface area contributed by atoms with Crippen molar-refractivity contribution in [2.75, 3.05) is 11.9 Å². The van der Waals surface area contributed by atoms with Crippen molar-refractivity contribution in [1.29, 1.82) is 0 Å². The van der Waals surface area contributed by atoms with E-state index < -0.39 is 10.0 Å². The van der Waals surface area contributed by atoms with Crippen LogP contribution in [0.5, 0.6) is 0 Å². The first-order chi connectivity index (χ1) is 9.62. The fraction of sp³-hybridized carbons (Fsp3) is 0.214. The lowest BCUT2D eigenvalue weighted by atomic mass is 10.3. The summed E-state index contributed by atoms with van der Waals surface area (Å²) in [6.07, 6.45) is 3.27. The molecule has 0 radical (unpaired) electrons. The predicted molar refractivity (Wildman–Crippen MR) is 78.9 cm³/mol. The third kappa shape index (κ3) is 3.79. The van der Waals surface area contributed by atoms with Crippen molar-refractivity contribution in [2.45, 2.75) is 18.4 Å². The molecule has 0 aliphatic carbocycles. The average molecular weight is 291 g/mol. The third-order valence-electron chi connectivity index (χ3n) is 2.76. The van der Waals surface area contributed by atoms with E-state index in [1.807, 2.05) is 6.92 Å². The summed E-state index contributed by atoms with van der Waals surface area (Å²) in [6.45, 7) is 3.03. The molecule has 2 aromatic rings. The van der Waals surface area contributed by atoms with E-state index in [1.165, 1.54) is 0 Å². The standard InChI is InChI=1S/C14H17N3O2S/c1-2-16-13-3-5-14(6-4-13)20(18,19)17-11-12-7-9-15-10-8-12/h3-10,16-17H,2,11H2,1H3. The van der Waals surface area contributed by atoms with E-state index in [9.17, 15) is 8.42 Å². The van der Waals surface area contributed by atoms with Crippen LogP contribution in [0.3, 0.4) is 0 Å². The summed E-state index contributed by atoms with van der Waals surface area (Å²) in [5, 5.41) is 3.12. The summed E-state index contributed by atoms with van der Waals surface area (Å²) >= 11 is 0. The number of sulfonamides is 1. The minimum Gasteiger partial charge on any atom is -0.385 e. The highest BCUT2D eigenvalue weighted by Gasteiger charge is 2.13. The Morgan fingerprint density at radius 2 is 1.70 bits per heavy atom. The van der Waals surface area contributed by atoms with Crippen LogP contribution in [-0.2, 0) is 16.6 Å². The van der Waals surface area contributed by atoms with Gasteiger partial charge in [0.05, 0.1) is 4.90 Å². The van der Waals surface area contributed by atoms with Gasteiger partial charge in [0.25, 0.3) is 0 Å². The molecule has 0 aliphatic rings. The quantitative estimate of drug-likeness (QED) is 0.854. The predicted octanol–water partition coefficient (Wildman–Crippen LogP) is 1.99. The van der Waals surface area contributed by atoms with E-state index in [-0.39, 0.29) is 11.4 Å². The molecule has 0 atom stereocenters. The maximum atomic E-state index is 12.1. The van der Waals surface area contributed by atoms with Crippen LogP contribution in [0.1, 0.15) is 12.5 Å². The van der Waals surface area contributed by atoms with Crippen molar-refractivity contribution in [1.82, 2.24) is 9.71 Å². The monoisotopic (exact) mass is 291 g/mol. The van der Waals surface area contributed by atoms with Crippen LogP contribution in [0.25, 0.3) is 0 Å². The molecule has 2 N–H and O–H groups in total. The molecule has 1 aromatic heterocycles. The van der Waals surface area contributed by atoms with Crippen LogP contribution in [0.15, 0.2) is 53.7 Å². The molecule has 0 amide bonds. The second-order valence-electron chi connectivity index (χ2n) is 4.23. The summed E-state index contributed by atoms with van der Waals surface area (Å²) in [4.78, 5) is 4.15. The number of nitrogens with zero attached hydrogens (tertiary/aromatic N) is 1. The molecule has 1 heterocycles. The minimum absolute atomic E-state index is 0.250. The van der Waals surface area contributed by atoms with Crippen LogP contribution >= 0.6 is 0 Å². The average Bonchev–Trinajstić information content (AvgIpc) is 2.47. The van der Waals surface area contributed by atoms with Crippen molar-refractivity contribution >= 4 is 15.7 Å². The molecule has 0 bridgehead atoms. The molecule has 106 valence electrons. The van der Waals surface area contributed by atoms with Gasteiger partial charge in [0.15, 0.2) is 0 Å². The SMILES string of the molecule is CCNc1ccc(S(=O)(=O)NCc2ccncc2)cc1. The van der Waals surface area contributed by atoms with Gasteiger partial charge in [-0.1, -0.05) is 0 Å². The number of rotatable bonds is 6. The summed E-state index contributed by atoms with van der Waals surface area (Å²) < 4.78 is 26.8. The normalized spacial score (nSPS) is 11.2. The molecule has 0 aliphatic heterocycles. The van der Waals surface area contributed by atoms with Gasteiger partial charge in [-0.05, 0) is 48.9 Å². The fourth-order valence-corrected chi connectivity index (χ4v) is 2.74. The van der Waals surface area contributed by atoms with Gasteiger partial charge in [-0.15, -0.1) is 0 Å². The van der Waals surface area contributed by atoms with Crippen molar-refractivity contribution in [3.05, 3.63) is 54.4 Å². The van der Waals surface area contributed by atoms with Crippen molar-refractivity contribution in [3.8, 4) is 0 Å². The van der Waals surface area contributed by atoms with E-state index in [1.54, 1.807) is 48.8 Å². The van der Waals surface area contributed by atoms with Gasteiger partial charge < -0.3 is 5.32 Å². The van der Waals surface area contributed by atoms with Gasteiger partial charge in [-0.25, -0.2) is 13.1 Å². The van der Waals surface area contributed by atoms with Gasteiger partial charge in [0.1, 0.15) is 0 Å². The van der Waals surface area contributed by atoms with Gasteiger partial charge >= 0.3 is 0 Å². The molecule has 0 spiro atoms. The minimum atomic E-state index is -3.49. The number of anilines is 1. The Labute approximate surface area is 119 Å². The van der Waals surface area contributed by atoms with E-state index in [0.717, 1.165) is 17.8 Å². The first-order valence-electron chi connectivity index (χ1n) is 6.34. The topological polar surface area (TPSA) is 71.1 Å². The van der Waals surface area contributed by atoms with Crippen LogP contribution in [0, 0.1) is 0 Å². The molecule has 20 heavy (non-hydrogen) atoms. The Morgan fingerprint density at radius 1 is 1.05 bits per heavy atom. The number of aromatic nitrogens is 1. The van der Waals surface area contributed by atoms with Crippen molar-refractivity contribution in [2.24, 2.45) is 0 Å². The van der Waals surface area contributed by atoms with Gasteiger partial charge in [0.2, 0.25) is 10.0 Å². The number of pyridine rings is 1. The van der Waals surface area contributed by atoms with Crippen LogP contribution in [-0.4, -0.2) is 19.9 Å². The second kappa shape index (κ2) is 6.49. The van der Waals surface area contributed by atoms with Crippen molar-refractivity contribution < 1.29 is 8.42 Å². The Morgan fingerprint density at radius 3 is 2.30 bits per heavy atom. The van der Waals surface area contributed by atoms with Crippen LogP contribution < -0.4 is 10.0 Å². The molecule has 0 unspecified atom stereocenters. The number of benzene rings is 1. The maximum absolute atomic E-state index is 12.1. The zero-order chi connectivity index (χ0) is 14.4. The number of nitrogens with one attached hydrogen (secondary N) is 2. The van der Waals surface area contributed by atoms with Crippen LogP contribution in [0.4, 0.5) is 5.69 Å². The first kappa shape index (κ1) is 14.5. The third-order valence-corrected chi connectivity index (χ3v) is 4.18. The zero-order valence-corrected chi connectivity index (χ0v) is 12.0. The number of hydrogen-bond donors (Lipinski definition) is 2. The fourth-order valence-electron chi connectivity index (χ4n) is 1.72. The Hall–Kier alpha value is -1.92. The maximum Gasteiger partial charge on any atom is 0.240 e. The lowest BCUT2D eigenvalue weighted by Gasteiger charge is -2.08. The molecule has 0 saturated heterocycles. The summed E-state index contributed by atoms with van der Waals surface area (Å²) in [5.74, 6) is 0. The lowest BCUT2D eigenvalue weighted by molar-refractivity contribution is 0.581. The summed E-state index contributed by atoms with van der Waals surface area (Å²) in [6, 6.07) is 10.2. The molecule has 6 heteroatoms. The molecule has 1 aromatic carbocycles. The highest BCUT2D eigenvalue weighted by atomic mass is 32.2. The molecule has 2 rings (SSSR count). The Balaban J connectivity index is 2.06. The van der Waals surface area contributed by atoms with Gasteiger partial charge in [0, 0.05) is 31.2 Å². The zero-order valence-electron chi connectivity index (χ0n) is 11.2. The van der Waals surface area contributed by atoms with E-state index in [4.69, 9.17) is 0 Å². The second-order valence-corrected chi connectivity index (χ2v) is 6.00. The van der Waals surface area contributed by atoms with E-state index in [0.29, 0.717) is 0 Å². The number of hydrogen-bond acceptors (Lipinski definition) is 4. The summed E-state index contributed by atoms with van der Waals surface area (Å²) in [7, 11) is -3.49. The molecular formula is C14H17N3O2S. The van der Waals surface area contributed by atoms with Gasteiger partial charge in [-0.2, -0.15) is 0 Å². The highest BCUT2D eigenvalue weighted by molar-refractivity contribution is 7.89. The first-order valence-corrected chi connectivity index (χ1v) is 7.82. The molecule has 5 nitrogen and oxygen atoms in total. The lowest BCUT2D eigenvalue weighted by Crippen LogP contribution is -2.23. The Kier molecular flexibility index (Phi) is 4.70. The molecular weight excluding hydrogens is 274 g/mol. The Bertz CT molecular complexity index is 640. The smallest absolute Gasteiger partial charge is 0.240 e. The van der Waals surface area contributed by atoms with Crippen LogP contribution in [0.2, 0.25) is 0 Å². The van der Waals surface area contributed by atoms with E-state index in [2.05, 4.69) is 15.0 Å². The van der Waals surface area contributed by atoms with E-state index >= 15 is 0 Å². The summed E-state index contributed by atoms with van der Waals surface area (Å²) in [5.41, 5.74) is 1.77. The highest BCUT2D eigenvalue weighted by Crippen LogP contribution is 2.14. The van der Waals surface area contributed by atoms with Crippen molar-refractivity contribution in [3.63, 3.8) is 0 Å². The molecule has 0 fully saturated rings. The molecule has 0 saturated carbocycles. The largest absolute Gasteiger partial charge is 0.385 e. The van der Waals surface area contributed by atoms with Gasteiger partial charge in [-0.3, -0.25) is 4.98 Å².